The number of carbonyl (C=O) groups excluding carboxylic acids is 2. The standard InChI is InChI=1S/C22H24N4O2/c27-21-20-7-4-10-26(20)19-9-8-16(15-18(19)23-21)22(28)25-13-11-24(12-14-25)17-5-2-1-3-6-17/h1-3,5-6,8-9,15,20H,4,7,10-14H2,(H,23,27). The van der Waals surface area contributed by atoms with Crippen molar-refractivity contribution < 1.29 is 9.59 Å². The van der Waals surface area contributed by atoms with Gasteiger partial charge in [0.1, 0.15) is 6.04 Å². The molecule has 1 N–H and O–H groups in total. The van der Waals surface area contributed by atoms with Crippen molar-refractivity contribution in [1.29, 1.82) is 0 Å². The van der Waals surface area contributed by atoms with Gasteiger partial charge in [0.2, 0.25) is 5.91 Å². The third-order valence-electron chi connectivity index (χ3n) is 6.05. The number of anilines is 3. The summed E-state index contributed by atoms with van der Waals surface area (Å²) in [6, 6.07) is 16.0. The minimum absolute atomic E-state index is 0.0355. The van der Waals surface area contributed by atoms with E-state index in [9.17, 15) is 9.59 Å². The lowest BCUT2D eigenvalue weighted by molar-refractivity contribution is -0.117. The van der Waals surface area contributed by atoms with Gasteiger partial charge in [0, 0.05) is 44.0 Å². The highest BCUT2D eigenvalue weighted by Crippen LogP contribution is 2.37. The maximum atomic E-state index is 13.0. The van der Waals surface area contributed by atoms with Gasteiger partial charge < -0.3 is 20.0 Å². The summed E-state index contributed by atoms with van der Waals surface area (Å²) in [4.78, 5) is 31.7. The third kappa shape index (κ3) is 2.89. The van der Waals surface area contributed by atoms with E-state index in [0.29, 0.717) is 18.7 Å². The Labute approximate surface area is 164 Å². The molecule has 3 heterocycles. The minimum atomic E-state index is -0.0554. The molecule has 0 saturated carbocycles. The average Bonchev–Trinajstić information content (AvgIpc) is 3.25. The number of hydrogen-bond acceptors (Lipinski definition) is 4. The summed E-state index contributed by atoms with van der Waals surface area (Å²) in [6.07, 6.45) is 1.93. The minimum Gasteiger partial charge on any atom is -0.368 e. The van der Waals surface area contributed by atoms with Crippen LogP contribution in [0.15, 0.2) is 48.5 Å². The fraction of sp³-hybridized carbons (Fsp3) is 0.364. The summed E-state index contributed by atoms with van der Waals surface area (Å²) in [6.45, 7) is 3.95. The maximum Gasteiger partial charge on any atom is 0.254 e. The molecule has 0 aliphatic carbocycles. The zero-order chi connectivity index (χ0) is 19.1. The highest BCUT2D eigenvalue weighted by Gasteiger charge is 2.36. The number of amides is 2. The van der Waals surface area contributed by atoms with Crippen LogP contribution in [0, 0.1) is 0 Å². The molecule has 2 fully saturated rings. The maximum absolute atomic E-state index is 13.0. The molecule has 0 radical (unpaired) electrons. The van der Waals surface area contributed by atoms with Crippen molar-refractivity contribution in [3.05, 3.63) is 54.1 Å². The van der Waals surface area contributed by atoms with Crippen LogP contribution in [0.2, 0.25) is 0 Å². The lowest BCUT2D eigenvalue weighted by Gasteiger charge is -2.36. The van der Waals surface area contributed by atoms with Gasteiger partial charge in [0.15, 0.2) is 0 Å². The molecule has 5 rings (SSSR count). The second-order valence-corrected chi connectivity index (χ2v) is 7.69. The van der Waals surface area contributed by atoms with Gasteiger partial charge in [0.05, 0.1) is 11.4 Å². The molecule has 2 aromatic carbocycles. The third-order valence-corrected chi connectivity index (χ3v) is 6.05. The molecule has 2 amide bonds. The predicted molar refractivity (Wildman–Crippen MR) is 110 cm³/mol. The molecule has 3 aliphatic heterocycles. The van der Waals surface area contributed by atoms with Crippen molar-refractivity contribution in [2.45, 2.75) is 18.9 Å². The van der Waals surface area contributed by atoms with Crippen molar-refractivity contribution >= 4 is 28.9 Å². The Morgan fingerprint density at radius 2 is 1.75 bits per heavy atom. The lowest BCUT2D eigenvalue weighted by atomic mass is 10.1. The number of hydrogen-bond donors (Lipinski definition) is 1. The number of para-hydroxylation sites is 1. The number of piperazine rings is 1. The first kappa shape index (κ1) is 17.1. The molecule has 1 unspecified atom stereocenters. The molecule has 0 bridgehead atoms. The lowest BCUT2D eigenvalue weighted by Crippen LogP contribution is -2.49. The molecule has 6 heteroatoms. The molecule has 1 atom stereocenters. The molecule has 6 nitrogen and oxygen atoms in total. The van der Waals surface area contributed by atoms with Crippen molar-refractivity contribution in [3.63, 3.8) is 0 Å². The summed E-state index contributed by atoms with van der Waals surface area (Å²) in [5.41, 5.74) is 3.64. The molecule has 28 heavy (non-hydrogen) atoms. The van der Waals surface area contributed by atoms with E-state index in [4.69, 9.17) is 0 Å². The smallest absolute Gasteiger partial charge is 0.254 e. The Kier molecular flexibility index (Phi) is 4.19. The topological polar surface area (TPSA) is 55.9 Å². The molecule has 0 aromatic heterocycles. The first-order valence-electron chi connectivity index (χ1n) is 10.0. The van der Waals surface area contributed by atoms with Crippen molar-refractivity contribution in [3.8, 4) is 0 Å². The molecule has 3 aliphatic rings. The summed E-state index contributed by atoms with van der Waals surface area (Å²) in [5, 5.41) is 3.00. The normalized spacial score (nSPS) is 21.2. The predicted octanol–water partition coefficient (Wildman–Crippen LogP) is 2.57. The molecule has 144 valence electrons. The van der Waals surface area contributed by atoms with E-state index in [0.717, 1.165) is 43.9 Å². The summed E-state index contributed by atoms with van der Waals surface area (Å²) >= 11 is 0. The Balaban J connectivity index is 1.30. The van der Waals surface area contributed by atoms with E-state index >= 15 is 0 Å². The van der Waals surface area contributed by atoms with Crippen LogP contribution in [0.1, 0.15) is 23.2 Å². The van der Waals surface area contributed by atoms with Crippen LogP contribution in [-0.4, -0.2) is 55.5 Å². The molecule has 2 saturated heterocycles. The van der Waals surface area contributed by atoms with Crippen molar-refractivity contribution in [1.82, 2.24) is 4.90 Å². The number of nitrogens with one attached hydrogen (secondary N) is 1. The number of nitrogens with zero attached hydrogens (tertiary/aromatic N) is 3. The van der Waals surface area contributed by atoms with Crippen LogP contribution in [0.5, 0.6) is 0 Å². The Hall–Kier alpha value is -3.02. The Morgan fingerprint density at radius 1 is 0.964 bits per heavy atom. The van der Waals surface area contributed by atoms with Gasteiger partial charge in [-0.3, -0.25) is 9.59 Å². The number of benzene rings is 2. The van der Waals surface area contributed by atoms with E-state index in [-0.39, 0.29) is 17.9 Å². The second-order valence-electron chi connectivity index (χ2n) is 7.69. The quantitative estimate of drug-likeness (QED) is 0.875. The van der Waals surface area contributed by atoms with Crippen LogP contribution in [-0.2, 0) is 4.79 Å². The first-order chi connectivity index (χ1) is 13.7. The van der Waals surface area contributed by atoms with Crippen LogP contribution in [0.25, 0.3) is 0 Å². The van der Waals surface area contributed by atoms with E-state index in [2.05, 4.69) is 27.2 Å². The number of carbonyl (C=O) groups is 2. The number of rotatable bonds is 2. The van der Waals surface area contributed by atoms with Gasteiger partial charge in [-0.1, -0.05) is 18.2 Å². The fourth-order valence-corrected chi connectivity index (χ4v) is 4.55. The highest BCUT2D eigenvalue weighted by atomic mass is 16.2. The van der Waals surface area contributed by atoms with Crippen molar-refractivity contribution in [2.75, 3.05) is 47.8 Å². The zero-order valence-corrected chi connectivity index (χ0v) is 15.8. The number of fused-ring (bicyclic) bond motifs is 3. The highest BCUT2D eigenvalue weighted by molar-refractivity contribution is 6.06. The van der Waals surface area contributed by atoms with E-state index in [1.807, 2.05) is 41.3 Å². The molecular formula is C22H24N4O2. The van der Waals surface area contributed by atoms with Gasteiger partial charge in [0.25, 0.3) is 5.91 Å². The Bertz CT molecular complexity index is 906. The van der Waals surface area contributed by atoms with E-state index in [1.54, 1.807) is 0 Å². The van der Waals surface area contributed by atoms with E-state index < -0.39 is 0 Å². The van der Waals surface area contributed by atoms with Gasteiger partial charge >= 0.3 is 0 Å². The summed E-state index contributed by atoms with van der Waals surface area (Å²) < 4.78 is 0. The van der Waals surface area contributed by atoms with Crippen molar-refractivity contribution in [2.24, 2.45) is 0 Å². The van der Waals surface area contributed by atoms with Gasteiger partial charge in [-0.25, -0.2) is 0 Å². The summed E-state index contributed by atoms with van der Waals surface area (Å²) in [7, 11) is 0. The monoisotopic (exact) mass is 376 g/mol. The zero-order valence-electron chi connectivity index (χ0n) is 15.8. The Morgan fingerprint density at radius 3 is 2.54 bits per heavy atom. The van der Waals surface area contributed by atoms with Crippen LogP contribution in [0.4, 0.5) is 17.1 Å². The second kappa shape index (κ2) is 6.86. The SMILES string of the molecule is O=C1Nc2cc(C(=O)N3CCN(c4ccccc4)CC3)ccc2N2CCCC12. The fourth-order valence-electron chi connectivity index (χ4n) is 4.55. The average molecular weight is 376 g/mol. The van der Waals surface area contributed by atoms with Gasteiger partial charge in [-0.15, -0.1) is 0 Å². The van der Waals surface area contributed by atoms with Crippen LogP contribution < -0.4 is 15.1 Å². The molecule has 0 spiro atoms. The summed E-state index contributed by atoms with van der Waals surface area (Å²) in [5.74, 6) is 0.0828. The largest absolute Gasteiger partial charge is 0.368 e. The van der Waals surface area contributed by atoms with Crippen LogP contribution >= 0.6 is 0 Å². The molecule has 2 aromatic rings. The first-order valence-corrected chi connectivity index (χ1v) is 10.0. The van der Waals surface area contributed by atoms with E-state index in [1.165, 1.54) is 5.69 Å². The van der Waals surface area contributed by atoms with Gasteiger partial charge in [-0.2, -0.15) is 0 Å². The van der Waals surface area contributed by atoms with Crippen LogP contribution in [0.3, 0.4) is 0 Å². The van der Waals surface area contributed by atoms with Gasteiger partial charge in [-0.05, 0) is 43.2 Å². The molecular weight excluding hydrogens is 352 g/mol.